The van der Waals surface area contributed by atoms with Gasteiger partial charge in [0.25, 0.3) is 5.91 Å². The number of hydrogen-bond acceptors (Lipinski definition) is 11. The predicted octanol–water partition coefficient (Wildman–Crippen LogP) is -0.733. The Morgan fingerprint density at radius 3 is 1.87 bits per heavy atom. The topological polar surface area (TPSA) is 208 Å². The fraction of sp³-hybridized carbons (Fsp3) is 0.0625. The van der Waals surface area contributed by atoms with Crippen LogP contribution in [0.1, 0.15) is 0 Å². The lowest BCUT2D eigenvalue weighted by Crippen LogP contribution is -2.48. The van der Waals surface area contributed by atoms with Crippen LogP contribution >= 0.6 is 0 Å². The largest absolute Gasteiger partial charge is 0.744 e. The van der Waals surface area contributed by atoms with Crippen molar-refractivity contribution < 1.29 is 40.6 Å². The Morgan fingerprint density at radius 2 is 1.42 bits per heavy atom. The van der Waals surface area contributed by atoms with Gasteiger partial charge in [-0.25, -0.2) is 27.1 Å². The molecule has 3 rings (SSSR count). The number of anilines is 2. The van der Waals surface area contributed by atoms with Crippen molar-refractivity contribution in [3.8, 4) is 0 Å². The third-order valence-corrected chi connectivity index (χ3v) is 5.73. The molecule has 31 heavy (non-hydrogen) atoms. The van der Waals surface area contributed by atoms with Gasteiger partial charge in [-0.15, -0.1) is 0 Å². The number of nitrogens with one attached hydrogen (secondary N) is 2. The SMILES string of the molecule is O=C(O)C1=NN(c2ccc(S(=O)(=O)[O-])cc2)C(=O)C1NNc1ccc(S(=O)(=O)[O-])cc1. The molecule has 3 N–H and O–H groups in total. The highest BCUT2D eigenvalue weighted by Crippen LogP contribution is 2.23. The third-order valence-electron chi connectivity index (χ3n) is 4.03. The van der Waals surface area contributed by atoms with E-state index in [1.165, 1.54) is 12.1 Å². The average molecular weight is 468 g/mol. The zero-order chi connectivity index (χ0) is 23.0. The maximum atomic E-state index is 12.7. The Balaban J connectivity index is 1.79. The van der Waals surface area contributed by atoms with E-state index in [4.69, 9.17) is 0 Å². The monoisotopic (exact) mass is 468 g/mol. The lowest BCUT2D eigenvalue weighted by atomic mass is 10.2. The van der Waals surface area contributed by atoms with Gasteiger partial charge in [-0.3, -0.25) is 4.79 Å². The first-order valence-electron chi connectivity index (χ1n) is 8.17. The molecular weight excluding hydrogens is 456 g/mol. The number of nitrogens with zero attached hydrogens (tertiary/aromatic N) is 2. The van der Waals surface area contributed by atoms with Crippen molar-refractivity contribution in [2.24, 2.45) is 5.10 Å². The highest BCUT2D eigenvalue weighted by molar-refractivity contribution is 7.86. The molecule has 0 aromatic heterocycles. The number of benzene rings is 2. The Kier molecular flexibility index (Phi) is 5.79. The number of rotatable bonds is 7. The molecule has 164 valence electrons. The molecule has 1 aliphatic rings. The van der Waals surface area contributed by atoms with E-state index in [2.05, 4.69) is 16.0 Å². The van der Waals surface area contributed by atoms with Crippen molar-refractivity contribution in [2.45, 2.75) is 15.8 Å². The Morgan fingerprint density at radius 1 is 0.935 bits per heavy atom. The normalized spacial score (nSPS) is 16.8. The van der Waals surface area contributed by atoms with Crippen LogP contribution < -0.4 is 15.9 Å². The predicted molar refractivity (Wildman–Crippen MR) is 102 cm³/mol. The van der Waals surface area contributed by atoms with E-state index in [0.717, 1.165) is 41.4 Å². The first kappa shape index (κ1) is 22.3. The van der Waals surface area contributed by atoms with Gasteiger partial charge in [0.15, 0.2) is 11.8 Å². The summed E-state index contributed by atoms with van der Waals surface area (Å²) >= 11 is 0. The Hall–Kier alpha value is -3.37. The number of aliphatic carboxylic acids is 1. The van der Waals surface area contributed by atoms with Crippen LogP contribution in [-0.2, 0) is 29.8 Å². The van der Waals surface area contributed by atoms with E-state index in [1.807, 2.05) is 0 Å². The Bertz CT molecular complexity index is 1270. The number of hydrogen-bond donors (Lipinski definition) is 3. The minimum absolute atomic E-state index is 0.0189. The summed E-state index contributed by atoms with van der Waals surface area (Å²) in [5, 5.41) is 13.8. The second kappa shape index (κ2) is 8.05. The zero-order valence-electron chi connectivity index (χ0n) is 15.1. The molecule has 0 radical (unpaired) electrons. The molecule has 0 saturated heterocycles. The van der Waals surface area contributed by atoms with Crippen LogP contribution in [0.2, 0.25) is 0 Å². The van der Waals surface area contributed by atoms with Crippen molar-refractivity contribution in [3.63, 3.8) is 0 Å². The third kappa shape index (κ3) is 4.86. The number of hydrazone groups is 1. The summed E-state index contributed by atoms with van der Waals surface area (Å²) < 4.78 is 65.9. The maximum Gasteiger partial charge on any atom is 0.354 e. The lowest BCUT2D eigenvalue weighted by Gasteiger charge is -2.17. The standard InChI is InChI=1S/C16H14N4O9S2/c21-15-13(18-17-9-1-5-11(6-2-9)30(24,25)26)14(16(22)23)19-20(15)10-3-7-12(8-4-10)31(27,28)29/h1-8,13,17-18H,(H,22,23)(H,24,25,26)(H,27,28,29)/p-2. The van der Waals surface area contributed by atoms with Gasteiger partial charge in [0.1, 0.15) is 20.2 Å². The summed E-state index contributed by atoms with van der Waals surface area (Å²) in [7, 11) is -9.35. The average Bonchev–Trinajstić information content (AvgIpc) is 3.02. The lowest BCUT2D eigenvalue weighted by molar-refractivity contribution is -0.130. The van der Waals surface area contributed by atoms with Gasteiger partial charge in [-0.1, -0.05) is 0 Å². The molecule has 2 aromatic rings. The van der Waals surface area contributed by atoms with Crippen LogP contribution in [0, 0.1) is 0 Å². The smallest absolute Gasteiger partial charge is 0.354 e. The second-order valence-corrected chi connectivity index (χ2v) is 8.83. The highest BCUT2D eigenvalue weighted by atomic mass is 32.2. The summed E-state index contributed by atoms with van der Waals surface area (Å²) in [6.45, 7) is 0. The van der Waals surface area contributed by atoms with Crippen molar-refractivity contribution in [3.05, 3.63) is 48.5 Å². The summed E-state index contributed by atoms with van der Waals surface area (Å²) in [5.41, 5.74) is 4.62. The molecule has 0 bridgehead atoms. The quantitative estimate of drug-likeness (QED) is 0.340. The number of amides is 1. The molecule has 0 fully saturated rings. The van der Waals surface area contributed by atoms with Crippen LogP contribution in [0.3, 0.4) is 0 Å². The maximum absolute atomic E-state index is 12.7. The van der Waals surface area contributed by atoms with Gasteiger partial charge in [-0.2, -0.15) is 10.1 Å². The van der Waals surface area contributed by atoms with Crippen LogP contribution in [0.4, 0.5) is 11.4 Å². The molecule has 1 atom stereocenters. The van der Waals surface area contributed by atoms with Crippen LogP contribution in [-0.4, -0.2) is 54.7 Å². The second-order valence-electron chi connectivity index (χ2n) is 6.07. The molecule has 1 aliphatic heterocycles. The van der Waals surface area contributed by atoms with Crippen molar-refractivity contribution >= 4 is 49.2 Å². The van der Waals surface area contributed by atoms with Gasteiger partial charge < -0.3 is 19.6 Å². The zero-order valence-corrected chi connectivity index (χ0v) is 16.8. The molecule has 0 spiro atoms. The fourth-order valence-electron chi connectivity index (χ4n) is 2.55. The fourth-order valence-corrected chi connectivity index (χ4v) is 3.49. The van der Waals surface area contributed by atoms with E-state index in [1.54, 1.807) is 0 Å². The van der Waals surface area contributed by atoms with E-state index in [0.29, 0.717) is 0 Å². The molecule has 1 unspecified atom stereocenters. The Labute approximate surface area is 175 Å². The highest BCUT2D eigenvalue weighted by Gasteiger charge is 2.40. The number of hydrazine groups is 1. The molecule has 1 heterocycles. The molecular formula is C16H12N4O9S2-2. The van der Waals surface area contributed by atoms with E-state index >= 15 is 0 Å². The number of carboxylic acid groups (broad SMARTS) is 1. The van der Waals surface area contributed by atoms with Gasteiger partial charge in [0.2, 0.25) is 0 Å². The first-order chi connectivity index (χ1) is 14.4. The number of carbonyl (C=O) groups is 2. The van der Waals surface area contributed by atoms with Crippen LogP contribution in [0.25, 0.3) is 0 Å². The van der Waals surface area contributed by atoms with Crippen molar-refractivity contribution in [1.29, 1.82) is 0 Å². The summed E-state index contributed by atoms with van der Waals surface area (Å²) in [6, 6.07) is 7.14. The van der Waals surface area contributed by atoms with Crippen LogP contribution in [0.15, 0.2) is 63.4 Å². The molecule has 0 aliphatic carbocycles. The number of carboxylic acids is 1. The van der Waals surface area contributed by atoms with E-state index < -0.39 is 53.7 Å². The van der Waals surface area contributed by atoms with Gasteiger partial charge in [-0.05, 0) is 48.5 Å². The molecule has 15 heteroatoms. The molecule has 0 saturated carbocycles. The summed E-state index contributed by atoms with van der Waals surface area (Å²) in [4.78, 5) is 23.1. The molecule has 1 amide bonds. The molecule has 2 aromatic carbocycles. The first-order valence-corrected chi connectivity index (χ1v) is 11.0. The van der Waals surface area contributed by atoms with E-state index in [9.17, 15) is 40.6 Å². The van der Waals surface area contributed by atoms with Gasteiger partial charge >= 0.3 is 5.97 Å². The summed E-state index contributed by atoms with van der Waals surface area (Å²) in [5.74, 6) is -2.34. The minimum Gasteiger partial charge on any atom is -0.744 e. The van der Waals surface area contributed by atoms with Crippen LogP contribution in [0.5, 0.6) is 0 Å². The van der Waals surface area contributed by atoms with Gasteiger partial charge in [0, 0.05) is 5.69 Å². The van der Waals surface area contributed by atoms with Crippen molar-refractivity contribution in [1.82, 2.24) is 5.43 Å². The number of carbonyl (C=O) groups excluding carboxylic acids is 1. The molecule has 13 nitrogen and oxygen atoms in total. The van der Waals surface area contributed by atoms with Gasteiger partial charge in [0.05, 0.1) is 15.5 Å². The van der Waals surface area contributed by atoms with E-state index in [-0.39, 0.29) is 11.4 Å². The minimum atomic E-state index is -4.71. The van der Waals surface area contributed by atoms with Crippen molar-refractivity contribution in [2.75, 3.05) is 10.4 Å². The summed E-state index contributed by atoms with van der Waals surface area (Å²) in [6.07, 6.45) is 0.